The fourth-order valence-corrected chi connectivity index (χ4v) is 1.98. The van der Waals surface area contributed by atoms with Gasteiger partial charge in [0.1, 0.15) is 18.6 Å². The molecule has 0 saturated carbocycles. The van der Waals surface area contributed by atoms with Gasteiger partial charge in [0.2, 0.25) is 0 Å². The summed E-state index contributed by atoms with van der Waals surface area (Å²) in [6.07, 6.45) is -5.89. The van der Waals surface area contributed by atoms with Crippen molar-refractivity contribution in [3.8, 4) is 5.75 Å². The molecule has 0 spiro atoms. The van der Waals surface area contributed by atoms with Crippen molar-refractivity contribution in [1.29, 1.82) is 0 Å². The molecular formula is C14H17F3O5. The number of hydrogen-bond acceptors (Lipinski definition) is 5. The van der Waals surface area contributed by atoms with E-state index in [0.717, 1.165) is 0 Å². The van der Waals surface area contributed by atoms with Gasteiger partial charge in [-0.3, -0.25) is 0 Å². The molecule has 1 N–H and O–H groups in total. The SMILES string of the molecule is COCO[C@@H](C[C@H](O)C1CO1)c1ccc(OC(F)(F)F)cc1. The lowest BCUT2D eigenvalue weighted by Crippen LogP contribution is -2.21. The van der Waals surface area contributed by atoms with Gasteiger partial charge in [-0.15, -0.1) is 13.2 Å². The standard InChI is InChI=1S/C14H17F3O5/c1-19-8-21-12(6-11(18)13-7-20-13)9-2-4-10(5-3-9)22-14(15,16)17/h2-5,11-13,18H,6-8H2,1H3/t11-,12-,13?/m0/s1. The van der Waals surface area contributed by atoms with Gasteiger partial charge < -0.3 is 24.1 Å². The summed E-state index contributed by atoms with van der Waals surface area (Å²) in [5.74, 6) is -0.312. The molecule has 1 aromatic rings. The average Bonchev–Trinajstić information content (AvgIpc) is 3.27. The summed E-state index contributed by atoms with van der Waals surface area (Å²) in [6, 6.07) is 5.32. The summed E-state index contributed by atoms with van der Waals surface area (Å²) < 4.78 is 55.5. The molecule has 0 bridgehead atoms. The van der Waals surface area contributed by atoms with Crippen LogP contribution in [-0.4, -0.2) is 44.2 Å². The van der Waals surface area contributed by atoms with Gasteiger partial charge in [-0.05, 0) is 17.7 Å². The van der Waals surface area contributed by atoms with Crippen molar-refractivity contribution in [3.05, 3.63) is 29.8 Å². The number of halogens is 3. The summed E-state index contributed by atoms with van der Waals surface area (Å²) in [5.41, 5.74) is 0.617. The van der Waals surface area contributed by atoms with Crippen molar-refractivity contribution in [2.75, 3.05) is 20.5 Å². The van der Waals surface area contributed by atoms with Crippen molar-refractivity contribution in [2.45, 2.75) is 31.1 Å². The number of methoxy groups -OCH3 is 1. The molecule has 1 saturated heterocycles. The van der Waals surface area contributed by atoms with Gasteiger partial charge in [-0.25, -0.2) is 0 Å². The Morgan fingerprint density at radius 1 is 1.32 bits per heavy atom. The molecular weight excluding hydrogens is 305 g/mol. The fourth-order valence-electron chi connectivity index (χ4n) is 1.98. The fraction of sp³-hybridized carbons (Fsp3) is 0.571. The van der Waals surface area contributed by atoms with E-state index in [9.17, 15) is 18.3 Å². The Hall–Kier alpha value is -1.35. The molecule has 1 aromatic carbocycles. The largest absolute Gasteiger partial charge is 0.573 e. The van der Waals surface area contributed by atoms with E-state index in [0.29, 0.717) is 12.2 Å². The molecule has 3 atom stereocenters. The maximum absolute atomic E-state index is 12.1. The normalized spacial score (nSPS) is 20.5. The van der Waals surface area contributed by atoms with E-state index in [1.54, 1.807) is 0 Å². The number of ether oxygens (including phenoxy) is 4. The van der Waals surface area contributed by atoms with Crippen LogP contribution in [0.3, 0.4) is 0 Å². The minimum Gasteiger partial charge on any atom is -0.406 e. The summed E-state index contributed by atoms with van der Waals surface area (Å²) >= 11 is 0. The molecule has 0 amide bonds. The van der Waals surface area contributed by atoms with Crippen LogP contribution in [0.5, 0.6) is 5.75 Å². The Bertz CT molecular complexity index is 459. The van der Waals surface area contributed by atoms with Gasteiger partial charge in [0.15, 0.2) is 0 Å². The van der Waals surface area contributed by atoms with Crippen molar-refractivity contribution >= 4 is 0 Å². The molecule has 1 heterocycles. The van der Waals surface area contributed by atoms with E-state index in [1.807, 2.05) is 0 Å². The van der Waals surface area contributed by atoms with Crippen LogP contribution in [-0.2, 0) is 14.2 Å². The highest BCUT2D eigenvalue weighted by Gasteiger charge is 2.34. The minimum absolute atomic E-state index is 0.00368. The third-order valence-electron chi connectivity index (χ3n) is 3.12. The van der Waals surface area contributed by atoms with Crippen LogP contribution in [0.2, 0.25) is 0 Å². The monoisotopic (exact) mass is 322 g/mol. The zero-order valence-corrected chi connectivity index (χ0v) is 11.9. The summed E-state index contributed by atoms with van der Waals surface area (Å²) in [6.45, 7) is 0.500. The van der Waals surface area contributed by atoms with E-state index in [2.05, 4.69) is 4.74 Å². The third kappa shape index (κ3) is 5.45. The molecule has 2 rings (SSSR count). The Balaban J connectivity index is 2.02. The first-order chi connectivity index (χ1) is 10.4. The van der Waals surface area contributed by atoms with Crippen LogP contribution in [0.4, 0.5) is 13.2 Å². The first kappa shape index (κ1) is 17.0. The molecule has 1 aliphatic rings. The molecule has 5 nitrogen and oxygen atoms in total. The Labute approximate surface area is 125 Å². The van der Waals surface area contributed by atoms with E-state index in [-0.39, 0.29) is 25.1 Å². The van der Waals surface area contributed by atoms with Gasteiger partial charge in [-0.1, -0.05) is 12.1 Å². The van der Waals surface area contributed by atoms with Crippen molar-refractivity contribution in [2.24, 2.45) is 0 Å². The van der Waals surface area contributed by atoms with Crippen LogP contribution in [0.1, 0.15) is 18.1 Å². The molecule has 124 valence electrons. The molecule has 1 fully saturated rings. The van der Waals surface area contributed by atoms with E-state index >= 15 is 0 Å². The molecule has 1 unspecified atom stereocenters. The van der Waals surface area contributed by atoms with Crippen molar-refractivity contribution < 1.29 is 37.2 Å². The molecule has 0 radical (unpaired) electrons. The molecule has 0 aliphatic carbocycles. The van der Waals surface area contributed by atoms with Gasteiger partial charge >= 0.3 is 6.36 Å². The molecule has 22 heavy (non-hydrogen) atoms. The number of rotatable bonds is 8. The van der Waals surface area contributed by atoms with Crippen molar-refractivity contribution in [1.82, 2.24) is 0 Å². The second-order valence-electron chi connectivity index (χ2n) is 4.85. The van der Waals surface area contributed by atoms with Crippen LogP contribution < -0.4 is 4.74 Å². The molecule has 1 aliphatic heterocycles. The highest BCUT2D eigenvalue weighted by molar-refractivity contribution is 5.29. The van der Waals surface area contributed by atoms with Crippen molar-refractivity contribution in [3.63, 3.8) is 0 Å². The number of aliphatic hydroxyl groups excluding tert-OH is 1. The zero-order chi connectivity index (χ0) is 16.2. The number of epoxide rings is 1. The van der Waals surface area contributed by atoms with Crippen LogP contribution in [0, 0.1) is 0 Å². The highest BCUT2D eigenvalue weighted by Crippen LogP contribution is 2.30. The van der Waals surface area contributed by atoms with E-state index in [4.69, 9.17) is 14.2 Å². The van der Waals surface area contributed by atoms with Gasteiger partial charge in [0.05, 0.1) is 18.8 Å². The smallest absolute Gasteiger partial charge is 0.406 e. The maximum Gasteiger partial charge on any atom is 0.573 e. The second kappa shape index (κ2) is 7.28. The second-order valence-corrected chi connectivity index (χ2v) is 4.85. The summed E-state index contributed by atoms with van der Waals surface area (Å²) in [7, 11) is 1.46. The Morgan fingerprint density at radius 2 is 1.95 bits per heavy atom. The minimum atomic E-state index is -4.73. The predicted molar refractivity (Wildman–Crippen MR) is 69.2 cm³/mol. The first-order valence-electron chi connectivity index (χ1n) is 6.65. The van der Waals surface area contributed by atoms with E-state index in [1.165, 1.54) is 31.4 Å². The average molecular weight is 322 g/mol. The summed E-state index contributed by atoms with van der Waals surface area (Å²) in [4.78, 5) is 0. The van der Waals surface area contributed by atoms with Gasteiger partial charge in [0, 0.05) is 13.5 Å². The lowest BCUT2D eigenvalue weighted by molar-refractivity contribution is -0.274. The van der Waals surface area contributed by atoms with Crippen LogP contribution in [0.25, 0.3) is 0 Å². The van der Waals surface area contributed by atoms with Crippen LogP contribution in [0.15, 0.2) is 24.3 Å². The Morgan fingerprint density at radius 3 is 2.45 bits per heavy atom. The first-order valence-corrected chi connectivity index (χ1v) is 6.65. The van der Waals surface area contributed by atoms with E-state index < -0.39 is 18.6 Å². The lowest BCUT2D eigenvalue weighted by Gasteiger charge is -2.20. The topological polar surface area (TPSA) is 60.5 Å². The predicted octanol–water partition coefficient (Wildman–Crippen LogP) is 2.40. The third-order valence-corrected chi connectivity index (χ3v) is 3.12. The summed E-state index contributed by atoms with van der Waals surface area (Å²) in [5, 5.41) is 9.91. The number of benzene rings is 1. The Kier molecular flexibility index (Phi) is 5.63. The lowest BCUT2D eigenvalue weighted by atomic mass is 10.0. The molecule has 8 heteroatoms. The van der Waals surface area contributed by atoms with Gasteiger partial charge in [-0.2, -0.15) is 0 Å². The van der Waals surface area contributed by atoms with Gasteiger partial charge in [0.25, 0.3) is 0 Å². The maximum atomic E-state index is 12.1. The zero-order valence-electron chi connectivity index (χ0n) is 11.9. The quantitative estimate of drug-likeness (QED) is 0.588. The van der Waals surface area contributed by atoms with Crippen LogP contribution >= 0.6 is 0 Å². The highest BCUT2D eigenvalue weighted by atomic mass is 19.4. The number of hydrogen-bond donors (Lipinski definition) is 1. The number of aliphatic hydroxyl groups is 1. The number of alkyl halides is 3. The molecule has 0 aromatic heterocycles.